The van der Waals surface area contributed by atoms with Crippen LogP contribution in [0.4, 0.5) is 4.39 Å². The summed E-state index contributed by atoms with van der Waals surface area (Å²) < 4.78 is 11.0. The van der Waals surface area contributed by atoms with Crippen molar-refractivity contribution in [2.45, 2.75) is 13.3 Å². The molecule has 2 heteroatoms. The van der Waals surface area contributed by atoms with E-state index in [0.29, 0.717) is 6.42 Å². The van der Waals surface area contributed by atoms with Crippen molar-refractivity contribution in [3.63, 3.8) is 0 Å². The van der Waals surface area contributed by atoms with Crippen LogP contribution in [0.2, 0.25) is 0 Å². The van der Waals surface area contributed by atoms with Crippen LogP contribution in [0, 0.1) is 0 Å². The maximum atomic E-state index is 11.0. The van der Waals surface area contributed by atoms with Crippen molar-refractivity contribution in [1.29, 1.82) is 0 Å². The lowest BCUT2D eigenvalue weighted by atomic mass is 10.5. The fraction of sp³-hybridized carbons (Fsp3) is 0.500. The molecule has 6 heavy (non-hydrogen) atoms. The van der Waals surface area contributed by atoms with Gasteiger partial charge in [-0.2, -0.15) is 4.39 Å². The summed E-state index contributed by atoms with van der Waals surface area (Å²) >= 11 is 0. The zero-order valence-electron chi connectivity index (χ0n) is 3.57. The fourth-order valence-electron chi connectivity index (χ4n) is 0.160. The van der Waals surface area contributed by atoms with Crippen LogP contribution in [-0.2, 0) is 5.11 Å². The number of hydrogen-bond donors (Lipinski definition) is 0. The maximum absolute atomic E-state index is 11.0. The van der Waals surface area contributed by atoms with Crippen molar-refractivity contribution >= 4 is 0 Å². The van der Waals surface area contributed by atoms with Gasteiger partial charge in [0.1, 0.15) is 0 Å². The summed E-state index contributed by atoms with van der Waals surface area (Å²) in [5.74, 6) is 0. The van der Waals surface area contributed by atoms with Crippen LogP contribution in [0.15, 0.2) is 12.1 Å². The van der Waals surface area contributed by atoms with Crippen LogP contribution in [0.1, 0.15) is 13.3 Å². The maximum Gasteiger partial charge on any atom is 0.321 e. The van der Waals surface area contributed by atoms with E-state index in [4.69, 9.17) is 0 Å². The minimum atomic E-state index is -1.34. The molecule has 0 saturated heterocycles. The van der Waals surface area contributed by atoms with Crippen LogP contribution in [-0.4, -0.2) is 0 Å². The minimum absolute atomic E-state index is 0.481. The van der Waals surface area contributed by atoms with Crippen molar-refractivity contribution in [2.24, 2.45) is 0 Å². The molecular formula is C4H6FO. The highest BCUT2D eigenvalue weighted by Gasteiger charge is 1.80. The molecule has 0 unspecified atom stereocenters. The lowest BCUT2D eigenvalue weighted by Crippen LogP contribution is -1.59. The van der Waals surface area contributed by atoms with Gasteiger partial charge in [0.25, 0.3) is 0 Å². The largest absolute Gasteiger partial charge is 0.321 e. The van der Waals surface area contributed by atoms with E-state index in [1.807, 2.05) is 0 Å². The summed E-state index contributed by atoms with van der Waals surface area (Å²) in [6.45, 7) is 1.71. The molecule has 35 valence electrons. The molecule has 0 aliphatic rings. The molecule has 0 bridgehead atoms. The molecule has 0 aromatic heterocycles. The molecule has 0 heterocycles. The number of rotatable bonds is 1. The lowest BCUT2D eigenvalue weighted by Gasteiger charge is -1.70. The zero-order chi connectivity index (χ0) is 4.99. The Balaban J connectivity index is 3.14. The monoisotopic (exact) mass is 89.0 g/mol. The number of hydrogen-bond acceptors (Lipinski definition) is 0. The van der Waals surface area contributed by atoms with E-state index in [1.54, 1.807) is 6.92 Å². The number of allylic oxidation sites excluding steroid dienone is 1. The van der Waals surface area contributed by atoms with E-state index in [9.17, 15) is 9.50 Å². The van der Waals surface area contributed by atoms with E-state index in [0.717, 1.165) is 6.08 Å². The third kappa shape index (κ3) is 3.47. The first-order valence-electron chi connectivity index (χ1n) is 1.80. The molecule has 0 N–H and O–H groups in total. The molecule has 0 fully saturated rings. The topological polar surface area (TPSA) is 19.9 Å². The third-order valence-corrected chi connectivity index (χ3v) is 0.365. The van der Waals surface area contributed by atoms with Gasteiger partial charge in [-0.15, -0.1) is 0 Å². The van der Waals surface area contributed by atoms with Gasteiger partial charge >= 0.3 is 6.01 Å². The predicted octanol–water partition coefficient (Wildman–Crippen LogP) is 1.64. The quantitative estimate of drug-likeness (QED) is 0.435. The second kappa shape index (κ2) is 2.69. The van der Waals surface area contributed by atoms with Gasteiger partial charge in [-0.3, -0.25) is 5.11 Å². The van der Waals surface area contributed by atoms with Crippen molar-refractivity contribution in [3.05, 3.63) is 12.1 Å². The van der Waals surface area contributed by atoms with Crippen LogP contribution in [0.5, 0.6) is 0 Å². The molecule has 0 saturated carbocycles. The highest BCUT2D eigenvalue weighted by atomic mass is 19.1. The fourth-order valence-corrected chi connectivity index (χ4v) is 0.160. The molecule has 0 spiro atoms. The summed E-state index contributed by atoms with van der Waals surface area (Å²) in [5, 5.41) is 9.32. The Labute approximate surface area is 36.1 Å². The van der Waals surface area contributed by atoms with Gasteiger partial charge in [-0.1, -0.05) is 6.92 Å². The van der Waals surface area contributed by atoms with Gasteiger partial charge in [-0.05, 0) is 12.5 Å². The van der Waals surface area contributed by atoms with Gasteiger partial charge in [0.05, 0.1) is 0 Å². The Morgan fingerprint density at radius 3 is 2.50 bits per heavy atom. The standard InChI is InChI=1S/C4H6FO/c1-2-3-4(5)6/h3H,2H2,1H3/b4-3+. The van der Waals surface area contributed by atoms with Gasteiger partial charge in [0.15, 0.2) is 0 Å². The Hall–Kier alpha value is -0.530. The molecule has 1 nitrogen and oxygen atoms in total. The van der Waals surface area contributed by atoms with Gasteiger partial charge in [-0.25, -0.2) is 0 Å². The smallest absolute Gasteiger partial charge is 0.256 e. The van der Waals surface area contributed by atoms with E-state index < -0.39 is 6.01 Å². The molecule has 0 aromatic carbocycles. The molecule has 0 amide bonds. The first-order chi connectivity index (χ1) is 2.77. The average molecular weight is 89.1 g/mol. The average Bonchev–Trinajstić information content (AvgIpc) is 1.35. The van der Waals surface area contributed by atoms with Gasteiger partial charge in [0, 0.05) is 0 Å². The molecule has 0 rings (SSSR count). The van der Waals surface area contributed by atoms with Gasteiger partial charge < -0.3 is 0 Å². The Kier molecular flexibility index (Phi) is 2.46. The Bertz CT molecular complexity index is 54.6. The summed E-state index contributed by atoms with van der Waals surface area (Å²) in [6, 6.07) is -1.34. The van der Waals surface area contributed by atoms with Crippen LogP contribution in [0.3, 0.4) is 0 Å². The van der Waals surface area contributed by atoms with Crippen molar-refractivity contribution < 1.29 is 9.50 Å². The molecule has 1 radical (unpaired) electrons. The molecule has 0 aliphatic heterocycles. The minimum Gasteiger partial charge on any atom is -0.256 e. The van der Waals surface area contributed by atoms with Crippen molar-refractivity contribution in [3.8, 4) is 0 Å². The van der Waals surface area contributed by atoms with E-state index >= 15 is 0 Å². The number of halogens is 1. The van der Waals surface area contributed by atoms with E-state index in [-0.39, 0.29) is 0 Å². The Morgan fingerprint density at radius 1 is 2.00 bits per heavy atom. The third-order valence-electron chi connectivity index (χ3n) is 0.365. The summed E-state index contributed by atoms with van der Waals surface area (Å²) in [6.07, 6.45) is 1.47. The summed E-state index contributed by atoms with van der Waals surface area (Å²) in [7, 11) is 0. The molecule has 0 aliphatic carbocycles. The van der Waals surface area contributed by atoms with Crippen LogP contribution in [0.25, 0.3) is 0 Å². The van der Waals surface area contributed by atoms with Crippen LogP contribution >= 0.6 is 0 Å². The van der Waals surface area contributed by atoms with Crippen molar-refractivity contribution in [1.82, 2.24) is 0 Å². The Morgan fingerprint density at radius 2 is 2.50 bits per heavy atom. The second-order valence-corrected chi connectivity index (χ2v) is 0.916. The molecule has 0 aromatic rings. The van der Waals surface area contributed by atoms with Gasteiger partial charge in [0.2, 0.25) is 0 Å². The van der Waals surface area contributed by atoms with E-state index in [2.05, 4.69) is 0 Å². The lowest BCUT2D eigenvalue weighted by molar-refractivity contribution is 0.197. The van der Waals surface area contributed by atoms with Crippen molar-refractivity contribution in [2.75, 3.05) is 0 Å². The SMILES string of the molecule is CC/C=C(/[O])F. The zero-order valence-corrected chi connectivity index (χ0v) is 3.57. The second-order valence-electron chi connectivity index (χ2n) is 0.916. The normalized spacial score (nSPS) is 12.0. The summed E-state index contributed by atoms with van der Waals surface area (Å²) in [4.78, 5) is 0. The highest BCUT2D eigenvalue weighted by molar-refractivity contribution is 4.76. The molecular weight excluding hydrogens is 83.0 g/mol. The summed E-state index contributed by atoms with van der Waals surface area (Å²) in [5.41, 5.74) is 0. The first kappa shape index (κ1) is 5.47. The van der Waals surface area contributed by atoms with Crippen LogP contribution < -0.4 is 0 Å². The highest BCUT2D eigenvalue weighted by Crippen LogP contribution is 1.90. The molecule has 0 atom stereocenters. The first-order valence-corrected chi connectivity index (χ1v) is 1.80. The van der Waals surface area contributed by atoms with E-state index in [1.165, 1.54) is 0 Å². The predicted molar refractivity (Wildman–Crippen MR) is 20.2 cm³/mol.